The molecule has 8 heteroatoms. The molecule has 104 valence electrons. The highest BCUT2D eigenvalue weighted by Crippen LogP contribution is 2.14. The van der Waals surface area contributed by atoms with E-state index in [0.29, 0.717) is 11.4 Å². The van der Waals surface area contributed by atoms with Gasteiger partial charge < -0.3 is 9.94 Å². The Kier molecular flexibility index (Phi) is 3.76. The number of nitrogens with zero attached hydrogens (tertiary/aromatic N) is 3. The SMILES string of the molecule is CC(=O)N=C1C=CC(=N/C(O)=C2\C(=O)ONN2C)C=C1. The van der Waals surface area contributed by atoms with E-state index in [1.807, 2.05) is 0 Å². The number of hydrogen-bond donors (Lipinski definition) is 2. The Labute approximate surface area is 114 Å². The molecule has 1 aliphatic carbocycles. The van der Waals surface area contributed by atoms with Crippen LogP contribution in [0.15, 0.2) is 45.9 Å². The number of carbonyl (C=O) groups is 2. The fourth-order valence-corrected chi connectivity index (χ4v) is 1.54. The molecular weight excluding hydrogens is 264 g/mol. The van der Waals surface area contributed by atoms with Crippen LogP contribution >= 0.6 is 0 Å². The van der Waals surface area contributed by atoms with Gasteiger partial charge in [0.05, 0.1) is 11.4 Å². The first-order valence-corrected chi connectivity index (χ1v) is 5.65. The number of allylic oxidation sites excluding steroid dienone is 4. The summed E-state index contributed by atoms with van der Waals surface area (Å²) in [7, 11) is 1.50. The summed E-state index contributed by atoms with van der Waals surface area (Å²) in [5.41, 5.74) is 3.07. The predicted octanol–water partition coefficient (Wildman–Crippen LogP) is 0.176. The van der Waals surface area contributed by atoms with Crippen LogP contribution in [-0.4, -0.2) is 40.5 Å². The molecule has 0 aromatic heterocycles. The maximum Gasteiger partial charge on any atom is 0.382 e. The number of aliphatic hydroxyl groups excluding tert-OH is 1. The lowest BCUT2D eigenvalue weighted by molar-refractivity contribution is -0.142. The zero-order chi connectivity index (χ0) is 14.7. The van der Waals surface area contributed by atoms with E-state index in [1.54, 1.807) is 24.3 Å². The van der Waals surface area contributed by atoms with Gasteiger partial charge in [-0.25, -0.2) is 14.8 Å². The number of hydrogen-bond acceptors (Lipinski definition) is 7. The normalized spacial score (nSPS) is 20.1. The van der Waals surface area contributed by atoms with Gasteiger partial charge in [-0.3, -0.25) is 9.80 Å². The van der Waals surface area contributed by atoms with Crippen molar-refractivity contribution < 1.29 is 19.5 Å². The summed E-state index contributed by atoms with van der Waals surface area (Å²) in [5, 5.41) is 11.0. The molecule has 0 spiro atoms. The molecule has 2 N–H and O–H groups in total. The summed E-state index contributed by atoms with van der Waals surface area (Å²) < 4.78 is 0. The van der Waals surface area contributed by atoms with Crippen molar-refractivity contribution in [3.05, 3.63) is 35.9 Å². The summed E-state index contributed by atoms with van der Waals surface area (Å²) >= 11 is 0. The Morgan fingerprint density at radius 1 is 1.25 bits per heavy atom. The van der Waals surface area contributed by atoms with Gasteiger partial charge in [-0.1, -0.05) is 5.59 Å². The zero-order valence-electron chi connectivity index (χ0n) is 10.8. The van der Waals surface area contributed by atoms with Crippen LogP contribution in [0.1, 0.15) is 6.92 Å². The van der Waals surface area contributed by atoms with Crippen LogP contribution in [-0.2, 0) is 14.4 Å². The molecule has 1 heterocycles. The lowest BCUT2D eigenvalue weighted by Gasteiger charge is -2.07. The zero-order valence-corrected chi connectivity index (χ0v) is 10.8. The van der Waals surface area contributed by atoms with Gasteiger partial charge in [0.2, 0.25) is 17.5 Å². The van der Waals surface area contributed by atoms with Crippen molar-refractivity contribution >= 4 is 23.3 Å². The standard InChI is InChI=1S/C12H12N4O4/c1-7(17)13-8-3-5-9(6-4-8)14-11(18)10-12(19)20-15-16(10)2/h3-6,15,18H,1-2H3/b11-10-,13-8?,14-9?. The van der Waals surface area contributed by atoms with Gasteiger partial charge in [0.25, 0.3) is 0 Å². The van der Waals surface area contributed by atoms with Gasteiger partial charge in [-0.05, 0) is 24.3 Å². The van der Waals surface area contributed by atoms with Crippen molar-refractivity contribution in [2.24, 2.45) is 9.98 Å². The van der Waals surface area contributed by atoms with Crippen LogP contribution in [0.3, 0.4) is 0 Å². The summed E-state index contributed by atoms with van der Waals surface area (Å²) in [6.45, 7) is 1.35. The third-order valence-electron chi connectivity index (χ3n) is 2.39. The van der Waals surface area contributed by atoms with E-state index in [0.717, 1.165) is 0 Å². The van der Waals surface area contributed by atoms with Gasteiger partial charge in [0, 0.05) is 14.0 Å². The van der Waals surface area contributed by atoms with Crippen molar-refractivity contribution in [2.75, 3.05) is 7.05 Å². The first-order chi connectivity index (χ1) is 9.47. The Morgan fingerprint density at radius 2 is 1.80 bits per heavy atom. The molecule has 0 saturated carbocycles. The highest BCUT2D eigenvalue weighted by Gasteiger charge is 2.29. The summed E-state index contributed by atoms with van der Waals surface area (Å²) in [5.74, 6) is -1.50. The molecule has 0 radical (unpaired) electrons. The molecule has 0 bridgehead atoms. The van der Waals surface area contributed by atoms with Crippen LogP contribution < -0.4 is 5.59 Å². The van der Waals surface area contributed by atoms with Crippen molar-refractivity contribution in [3.8, 4) is 0 Å². The molecule has 0 unspecified atom stereocenters. The minimum Gasteiger partial charge on any atom is -0.492 e. The molecule has 0 atom stereocenters. The second-order valence-electron chi connectivity index (χ2n) is 3.97. The highest BCUT2D eigenvalue weighted by molar-refractivity contribution is 6.20. The van der Waals surface area contributed by atoms with E-state index in [1.165, 1.54) is 19.0 Å². The number of aliphatic imine (C=N–C) groups is 2. The van der Waals surface area contributed by atoms with E-state index in [-0.39, 0.29) is 11.6 Å². The molecule has 1 fully saturated rings. The van der Waals surface area contributed by atoms with Gasteiger partial charge in [0.1, 0.15) is 0 Å². The Balaban J connectivity index is 2.22. The number of hydrazine groups is 1. The minimum absolute atomic E-state index is 0.0949. The fourth-order valence-electron chi connectivity index (χ4n) is 1.54. The molecule has 1 aliphatic heterocycles. The Morgan fingerprint density at radius 3 is 2.25 bits per heavy atom. The number of carbonyl (C=O) groups excluding carboxylic acids is 2. The topological polar surface area (TPSA) is 104 Å². The third-order valence-corrected chi connectivity index (χ3v) is 2.39. The average molecular weight is 276 g/mol. The highest BCUT2D eigenvalue weighted by atomic mass is 16.7. The molecule has 20 heavy (non-hydrogen) atoms. The second kappa shape index (κ2) is 5.49. The number of nitrogens with one attached hydrogen (secondary N) is 1. The van der Waals surface area contributed by atoms with Gasteiger partial charge in [-0.2, -0.15) is 0 Å². The average Bonchev–Trinajstić information content (AvgIpc) is 2.71. The quantitative estimate of drug-likeness (QED) is 0.402. The number of rotatable bonds is 1. The van der Waals surface area contributed by atoms with Crippen LogP contribution in [0.25, 0.3) is 0 Å². The maximum absolute atomic E-state index is 11.3. The van der Waals surface area contributed by atoms with E-state index in [2.05, 4.69) is 20.4 Å². The largest absolute Gasteiger partial charge is 0.492 e. The van der Waals surface area contributed by atoms with Crippen molar-refractivity contribution in [1.29, 1.82) is 0 Å². The molecule has 1 amide bonds. The molecule has 0 aromatic carbocycles. The first-order valence-electron chi connectivity index (χ1n) is 5.65. The van der Waals surface area contributed by atoms with Crippen LogP contribution in [0.4, 0.5) is 0 Å². The molecule has 1 saturated heterocycles. The Bertz CT molecular complexity index is 595. The monoisotopic (exact) mass is 276 g/mol. The summed E-state index contributed by atoms with van der Waals surface area (Å²) in [6, 6.07) is 0. The van der Waals surface area contributed by atoms with Gasteiger partial charge in [0.15, 0.2) is 0 Å². The maximum atomic E-state index is 11.3. The van der Waals surface area contributed by atoms with Gasteiger partial charge >= 0.3 is 5.97 Å². The van der Waals surface area contributed by atoms with Gasteiger partial charge in [-0.15, -0.1) is 0 Å². The fraction of sp³-hybridized carbons (Fsp3) is 0.167. The first kappa shape index (κ1) is 13.7. The van der Waals surface area contributed by atoms with E-state index >= 15 is 0 Å². The van der Waals surface area contributed by atoms with E-state index in [9.17, 15) is 14.7 Å². The minimum atomic E-state index is -0.725. The third kappa shape index (κ3) is 2.98. The number of aliphatic hydroxyl groups is 1. The number of likely N-dealkylation sites (N-methyl/N-ethyl adjacent to an activating group) is 1. The van der Waals surface area contributed by atoms with Crippen molar-refractivity contribution in [2.45, 2.75) is 6.92 Å². The second-order valence-corrected chi connectivity index (χ2v) is 3.97. The van der Waals surface area contributed by atoms with E-state index in [4.69, 9.17) is 0 Å². The lowest BCUT2D eigenvalue weighted by atomic mass is 10.1. The van der Waals surface area contributed by atoms with E-state index < -0.39 is 11.9 Å². The summed E-state index contributed by atoms with van der Waals surface area (Å²) in [6.07, 6.45) is 6.28. The molecular formula is C12H12N4O4. The smallest absolute Gasteiger partial charge is 0.382 e. The molecule has 2 aliphatic rings. The molecule has 8 nitrogen and oxygen atoms in total. The molecule has 2 rings (SSSR count). The molecule has 0 aromatic rings. The Hall–Kier alpha value is -2.74. The summed E-state index contributed by atoms with van der Waals surface area (Å²) in [4.78, 5) is 34.3. The van der Waals surface area contributed by atoms with Crippen LogP contribution in [0, 0.1) is 0 Å². The lowest BCUT2D eigenvalue weighted by Crippen LogP contribution is -2.24. The number of amides is 1. The van der Waals surface area contributed by atoms with Crippen LogP contribution in [0.2, 0.25) is 0 Å². The van der Waals surface area contributed by atoms with Crippen molar-refractivity contribution in [1.82, 2.24) is 10.6 Å². The predicted molar refractivity (Wildman–Crippen MR) is 70.5 cm³/mol. The van der Waals surface area contributed by atoms with Crippen LogP contribution in [0.5, 0.6) is 0 Å². The van der Waals surface area contributed by atoms with Crippen molar-refractivity contribution in [3.63, 3.8) is 0 Å².